The first-order chi connectivity index (χ1) is 6.09. The second-order valence-electron chi connectivity index (χ2n) is 2.80. The number of nitrogens with zero attached hydrogens (tertiary/aromatic N) is 4. The fourth-order valence-electron chi connectivity index (χ4n) is 0.704. The highest BCUT2D eigenvalue weighted by molar-refractivity contribution is 5.58. The van der Waals surface area contributed by atoms with Gasteiger partial charge in [-0.1, -0.05) is 0 Å². The normalized spacial score (nSPS) is 10.8. The lowest BCUT2D eigenvalue weighted by Gasteiger charge is -2.02. The molecule has 0 spiro atoms. The molecule has 70 valence electrons. The molecule has 0 saturated heterocycles. The van der Waals surface area contributed by atoms with Crippen molar-refractivity contribution in [3.05, 3.63) is 17.8 Å². The molecule has 0 atom stereocenters. The van der Waals surface area contributed by atoms with Gasteiger partial charge in [0.05, 0.1) is 12.5 Å². The van der Waals surface area contributed by atoms with Crippen molar-refractivity contribution in [1.82, 2.24) is 14.9 Å². The smallest absolute Gasteiger partial charge is 0.193 e. The predicted octanol–water partition coefficient (Wildman–Crippen LogP) is 1.15. The van der Waals surface area contributed by atoms with Crippen LogP contribution in [0, 0.1) is 12.7 Å². The first-order valence-corrected chi connectivity index (χ1v) is 3.79. The van der Waals surface area contributed by atoms with E-state index in [1.165, 1.54) is 6.34 Å². The van der Waals surface area contributed by atoms with Gasteiger partial charge in [0.25, 0.3) is 0 Å². The van der Waals surface area contributed by atoms with Gasteiger partial charge >= 0.3 is 0 Å². The van der Waals surface area contributed by atoms with E-state index < -0.39 is 5.82 Å². The van der Waals surface area contributed by atoms with Gasteiger partial charge in [-0.3, -0.25) is 0 Å². The van der Waals surface area contributed by atoms with Gasteiger partial charge in [0, 0.05) is 14.1 Å². The molecule has 0 bridgehead atoms. The first-order valence-electron chi connectivity index (χ1n) is 3.79. The fraction of sp³-hybridized carbons (Fsp3) is 0.375. The molecule has 0 amide bonds. The van der Waals surface area contributed by atoms with Crippen molar-refractivity contribution in [1.29, 1.82) is 0 Å². The lowest BCUT2D eigenvalue weighted by Crippen LogP contribution is -2.07. The van der Waals surface area contributed by atoms with E-state index in [0.717, 1.165) is 6.20 Å². The van der Waals surface area contributed by atoms with Crippen molar-refractivity contribution in [2.75, 3.05) is 14.1 Å². The third-order valence-electron chi connectivity index (χ3n) is 1.26. The number of hydrogen-bond donors (Lipinski definition) is 0. The fourth-order valence-corrected chi connectivity index (χ4v) is 0.704. The summed E-state index contributed by atoms with van der Waals surface area (Å²) < 4.78 is 13.0. The summed E-state index contributed by atoms with van der Waals surface area (Å²) in [6.07, 6.45) is 2.61. The van der Waals surface area contributed by atoms with E-state index in [0.29, 0.717) is 5.82 Å². The third kappa shape index (κ3) is 2.77. The molecular formula is C8H11FN4. The summed E-state index contributed by atoms with van der Waals surface area (Å²) in [7, 11) is 3.60. The molecule has 4 nitrogen and oxygen atoms in total. The maximum Gasteiger partial charge on any atom is 0.193 e. The summed E-state index contributed by atoms with van der Waals surface area (Å²) >= 11 is 0. The largest absolute Gasteiger partial charge is 0.369 e. The second kappa shape index (κ2) is 3.93. The Kier molecular flexibility index (Phi) is 2.89. The van der Waals surface area contributed by atoms with Crippen LogP contribution in [0.3, 0.4) is 0 Å². The average Bonchev–Trinajstić information content (AvgIpc) is 2.06. The quantitative estimate of drug-likeness (QED) is 0.509. The van der Waals surface area contributed by atoms with E-state index in [-0.39, 0.29) is 5.82 Å². The van der Waals surface area contributed by atoms with Gasteiger partial charge in [0.1, 0.15) is 5.82 Å². The van der Waals surface area contributed by atoms with E-state index in [1.54, 1.807) is 25.9 Å². The van der Waals surface area contributed by atoms with Gasteiger partial charge in [0.2, 0.25) is 0 Å². The predicted molar refractivity (Wildman–Crippen MR) is 48.6 cm³/mol. The maximum absolute atomic E-state index is 13.0. The van der Waals surface area contributed by atoms with Crippen LogP contribution in [-0.2, 0) is 0 Å². The molecule has 0 N–H and O–H groups in total. The van der Waals surface area contributed by atoms with Gasteiger partial charge in [-0.25, -0.2) is 19.4 Å². The van der Waals surface area contributed by atoms with Crippen molar-refractivity contribution in [2.45, 2.75) is 6.92 Å². The molecule has 0 radical (unpaired) electrons. The van der Waals surface area contributed by atoms with Crippen LogP contribution in [0.25, 0.3) is 0 Å². The van der Waals surface area contributed by atoms with Crippen molar-refractivity contribution in [3.63, 3.8) is 0 Å². The van der Waals surface area contributed by atoms with E-state index in [1.807, 2.05) is 0 Å². The van der Waals surface area contributed by atoms with Gasteiger partial charge < -0.3 is 4.90 Å². The second-order valence-corrected chi connectivity index (χ2v) is 2.80. The zero-order chi connectivity index (χ0) is 9.84. The molecule has 0 aliphatic rings. The van der Waals surface area contributed by atoms with Gasteiger partial charge in [-0.05, 0) is 6.92 Å². The Morgan fingerprint density at radius 3 is 2.85 bits per heavy atom. The highest BCUT2D eigenvalue weighted by Crippen LogP contribution is 2.11. The molecule has 1 rings (SSSR count). The number of halogens is 1. The van der Waals surface area contributed by atoms with Crippen molar-refractivity contribution in [2.24, 2.45) is 4.99 Å². The summed E-state index contributed by atoms with van der Waals surface area (Å²) in [5, 5.41) is 0. The summed E-state index contributed by atoms with van der Waals surface area (Å²) in [6.45, 7) is 1.69. The Labute approximate surface area is 76.2 Å². The number of aliphatic imine (C=N–C) groups is 1. The van der Waals surface area contributed by atoms with Crippen LogP contribution >= 0.6 is 0 Å². The minimum absolute atomic E-state index is 0.0706. The van der Waals surface area contributed by atoms with E-state index in [4.69, 9.17) is 0 Å². The van der Waals surface area contributed by atoms with Gasteiger partial charge in [-0.2, -0.15) is 0 Å². The number of hydrogen-bond acceptors (Lipinski definition) is 3. The van der Waals surface area contributed by atoms with Gasteiger partial charge in [-0.15, -0.1) is 0 Å². The first kappa shape index (κ1) is 9.57. The molecule has 0 unspecified atom stereocenters. The van der Waals surface area contributed by atoms with Crippen LogP contribution in [0.1, 0.15) is 5.82 Å². The third-order valence-corrected chi connectivity index (χ3v) is 1.26. The Morgan fingerprint density at radius 2 is 2.23 bits per heavy atom. The minimum atomic E-state index is -0.510. The molecule has 0 saturated carbocycles. The minimum Gasteiger partial charge on any atom is -0.369 e. The molecule has 0 aliphatic heterocycles. The van der Waals surface area contributed by atoms with Gasteiger partial charge in [0.15, 0.2) is 11.6 Å². The summed E-state index contributed by atoms with van der Waals surface area (Å²) in [5.41, 5.74) is 0. The number of aryl methyl sites for hydroxylation is 1. The topological polar surface area (TPSA) is 41.4 Å². The van der Waals surface area contributed by atoms with Crippen molar-refractivity contribution >= 4 is 12.2 Å². The molecular weight excluding hydrogens is 171 g/mol. The SMILES string of the molecule is Cc1ncc(F)c(N=CN(C)C)n1. The lowest BCUT2D eigenvalue weighted by atomic mass is 10.5. The lowest BCUT2D eigenvalue weighted by molar-refractivity contribution is 0.610. The molecule has 1 aromatic heterocycles. The monoisotopic (exact) mass is 182 g/mol. The molecule has 13 heavy (non-hydrogen) atoms. The maximum atomic E-state index is 13.0. The average molecular weight is 182 g/mol. The van der Waals surface area contributed by atoms with E-state index >= 15 is 0 Å². The van der Waals surface area contributed by atoms with Crippen LogP contribution in [0.2, 0.25) is 0 Å². The van der Waals surface area contributed by atoms with Crippen LogP contribution in [-0.4, -0.2) is 35.3 Å². The molecule has 1 aromatic rings. The van der Waals surface area contributed by atoms with E-state index in [9.17, 15) is 4.39 Å². The van der Waals surface area contributed by atoms with Crippen molar-refractivity contribution in [3.8, 4) is 0 Å². The summed E-state index contributed by atoms with van der Waals surface area (Å²) in [4.78, 5) is 13.1. The van der Waals surface area contributed by atoms with Crippen molar-refractivity contribution < 1.29 is 4.39 Å². The number of aromatic nitrogens is 2. The standard InChI is InChI=1S/C8H11FN4/c1-6-10-4-7(9)8(12-6)11-5-13(2)3/h4-5H,1-3H3. The van der Waals surface area contributed by atoms with E-state index in [2.05, 4.69) is 15.0 Å². The van der Waals surface area contributed by atoms with Crippen LogP contribution in [0.15, 0.2) is 11.2 Å². The number of rotatable bonds is 2. The van der Waals surface area contributed by atoms with Crippen LogP contribution in [0.4, 0.5) is 10.2 Å². The molecule has 0 aliphatic carbocycles. The highest BCUT2D eigenvalue weighted by Gasteiger charge is 2.01. The summed E-state index contributed by atoms with van der Waals surface area (Å²) in [6, 6.07) is 0. The molecule has 0 aromatic carbocycles. The highest BCUT2D eigenvalue weighted by atomic mass is 19.1. The zero-order valence-corrected chi connectivity index (χ0v) is 7.82. The molecule has 0 fully saturated rings. The Morgan fingerprint density at radius 1 is 1.54 bits per heavy atom. The zero-order valence-electron chi connectivity index (χ0n) is 7.82. The Hall–Kier alpha value is -1.52. The summed E-state index contributed by atoms with van der Waals surface area (Å²) in [5.74, 6) is 0.0669. The van der Waals surface area contributed by atoms with Crippen LogP contribution in [0.5, 0.6) is 0 Å². The molecule has 1 heterocycles. The van der Waals surface area contributed by atoms with Crippen LogP contribution < -0.4 is 0 Å². The Bertz CT molecular complexity index is 322. The Balaban J connectivity index is 2.93. The molecule has 5 heteroatoms.